The molecule has 5 rings (SSSR count). The number of alkyl halides is 3. The van der Waals surface area contributed by atoms with Crippen molar-refractivity contribution >= 4 is 11.9 Å². The van der Waals surface area contributed by atoms with E-state index in [-0.39, 0.29) is 5.91 Å². The third-order valence-corrected chi connectivity index (χ3v) is 6.37. The number of halogens is 3. The molecule has 0 saturated carbocycles. The van der Waals surface area contributed by atoms with Gasteiger partial charge in [-0.2, -0.15) is 18.3 Å². The van der Waals surface area contributed by atoms with Crippen molar-refractivity contribution in [3.8, 4) is 17.0 Å². The number of para-hydroxylation sites is 1. The Balaban J connectivity index is 0.000000405. The highest BCUT2D eigenvalue weighted by Crippen LogP contribution is 2.49. The first kappa shape index (κ1) is 26.3. The molecule has 1 saturated heterocycles. The summed E-state index contributed by atoms with van der Waals surface area (Å²) in [5, 5.41) is 11.9. The molecule has 1 amide bonds. The van der Waals surface area contributed by atoms with Crippen LogP contribution < -0.4 is 4.74 Å². The van der Waals surface area contributed by atoms with E-state index in [0.717, 1.165) is 48.5 Å². The number of aromatic nitrogens is 2. The number of piperidine rings is 1. The van der Waals surface area contributed by atoms with E-state index in [0.29, 0.717) is 18.8 Å². The van der Waals surface area contributed by atoms with E-state index >= 15 is 0 Å². The van der Waals surface area contributed by atoms with Crippen LogP contribution in [0.1, 0.15) is 29.0 Å². The number of carboxylic acid groups (broad SMARTS) is 1. The summed E-state index contributed by atoms with van der Waals surface area (Å²) < 4.78 is 45.7. The number of carbonyl (C=O) groups excluding carboxylic acids is 1. The lowest BCUT2D eigenvalue weighted by molar-refractivity contribution is -0.192. The molecule has 9 nitrogen and oxygen atoms in total. The molecule has 1 aromatic carbocycles. The summed E-state index contributed by atoms with van der Waals surface area (Å²) in [7, 11) is 4.14. The van der Waals surface area contributed by atoms with Crippen LogP contribution in [-0.2, 0) is 16.9 Å². The molecule has 0 unspecified atom stereocenters. The number of furan rings is 1. The van der Waals surface area contributed by atoms with E-state index in [9.17, 15) is 18.0 Å². The second-order valence-electron chi connectivity index (χ2n) is 9.10. The third-order valence-electron chi connectivity index (χ3n) is 6.37. The summed E-state index contributed by atoms with van der Waals surface area (Å²) in [6.45, 7) is 2.96. The van der Waals surface area contributed by atoms with E-state index in [1.54, 1.807) is 12.1 Å². The highest BCUT2D eigenvalue weighted by molar-refractivity contribution is 5.91. The first-order chi connectivity index (χ1) is 17.5. The molecule has 2 aliphatic heterocycles. The summed E-state index contributed by atoms with van der Waals surface area (Å²) in [6, 6.07) is 11.6. The van der Waals surface area contributed by atoms with Gasteiger partial charge in [0.1, 0.15) is 11.4 Å². The van der Waals surface area contributed by atoms with E-state index < -0.39 is 17.7 Å². The molecule has 1 fully saturated rings. The van der Waals surface area contributed by atoms with Crippen molar-refractivity contribution in [2.24, 2.45) is 0 Å². The fraction of sp³-hybridized carbons (Fsp3) is 0.400. The molecule has 37 heavy (non-hydrogen) atoms. The summed E-state index contributed by atoms with van der Waals surface area (Å²) in [4.78, 5) is 25.6. The van der Waals surface area contributed by atoms with Crippen molar-refractivity contribution in [1.82, 2.24) is 19.6 Å². The van der Waals surface area contributed by atoms with Gasteiger partial charge in [-0.25, -0.2) is 4.79 Å². The molecule has 0 aliphatic carbocycles. The Kier molecular flexibility index (Phi) is 7.30. The summed E-state index contributed by atoms with van der Waals surface area (Å²) in [5.74, 6) is -1.54. The van der Waals surface area contributed by atoms with Crippen molar-refractivity contribution in [2.45, 2.75) is 31.2 Å². The lowest BCUT2D eigenvalue weighted by Crippen LogP contribution is -2.49. The molecule has 2 aliphatic rings. The maximum Gasteiger partial charge on any atom is 0.490 e. The Hall–Kier alpha value is -3.80. The Labute approximate surface area is 211 Å². The molecule has 2 aromatic heterocycles. The van der Waals surface area contributed by atoms with Gasteiger partial charge in [0.15, 0.2) is 5.76 Å². The molecule has 4 heterocycles. The average Bonchev–Trinajstić information content (AvgIpc) is 3.54. The molecule has 0 radical (unpaired) electrons. The number of likely N-dealkylation sites (tertiary alicyclic amines) is 1. The molecule has 0 bridgehead atoms. The van der Waals surface area contributed by atoms with Gasteiger partial charge in [-0.05, 0) is 38.4 Å². The van der Waals surface area contributed by atoms with Gasteiger partial charge in [0.25, 0.3) is 5.91 Å². The lowest BCUT2D eigenvalue weighted by atomic mass is 9.81. The molecule has 1 N–H and O–H groups in total. The third kappa shape index (κ3) is 5.48. The minimum atomic E-state index is -5.08. The van der Waals surface area contributed by atoms with Gasteiger partial charge in [0.05, 0.1) is 24.7 Å². The molecule has 3 aromatic rings. The van der Waals surface area contributed by atoms with Crippen LogP contribution in [0.4, 0.5) is 13.2 Å². The number of nitrogens with zero attached hydrogens (tertiary/aromatic N) is 4. The van der Waals surface area contributed by atoms with E-state index in [4.69, 9.17) is 24.2 Å². The fourth-order valence-corrected chi connectivity index (χ4v) is 4.48. The number of rotatable bonds is 4. The highest BCUT2D eigenvalue weighted by Gasteiger charge is 2.46. The minimum absolute atomic E-state index is 0.0621. The van der Waals surface area contributed by atoms with Crippen molar-refractivity contribution in [3.63, 3.8) is 0 Å². The largest absolute Gasteiger partial charge is 0.490 e. The number of amides is 1. The number of hydrogen-bond acceptors (Lipinski definition) is 6. The van der Waals surface area contributed by atoms with Crippen molar-refractivity contribution in [1.29, 1.82) is 0 Å². The first-order valence-corrected chi connectivity index (χ1v) is 11.6. The van der Waals surface area contributed by atoms with Crippen LogP contribution in [-0.4, -0.2) is 76.5 Å². The summed E-state index contributed by atoms with van der Waals surface area (Å²) in [6.07, 6.45) is -0.139. The van der Waals surface area contributed by atoms with Gasteiger partial charge in [-0.1, -0.05) is 12.1 Å². The number of ether oxygens (including phenoxy) is 1. The molecule has 12 heteroatoms. The number of hydrogen-bond donors (Lipinski definition) is 1. The van der Waals surface area contributed by atoms with Crippen molar-refractivity contribution in [2.75, 3.05) is 33.7 Å². The number of fused-ring (bicyclic) bond motifs is 4. The van der Waals surface area contributed by atoms with E-state index in [1.165, 1.54) is 6.26 Å². The van der Waals surface area contributed by atoms with Crippen LogP contribution in [0.15, 0.2) is 53.3 Å². The second-order valence-corrected chi connectivity index (χ2v) is 9.10. The van der Waals surface area contributed by atoms with Crippen LogP contribution in [0.2, 0.25) is 0 Å². The van der Waals surface area contributed by atoms with Crippen LogP contribution >= 0.6 is 0 Å². The number of carboxylic acids is 1. The minimum Gasteiger partial charge on any atom is -0.482 e. The molecular weight excluding hydrogens is 493 g/mol. The first-order valence-electron chi connectivity index (χ1n) is 11.6. The Morgan fingerprint density at radius 2 is 1.81 bits per heavy atom. The summed E-state index contributed by atoms with van der Waals surface area (Å²) >= 11 is 0. The van der Waals surface area contributed by atoms with Gasteiger partial charge in [0, 0.05) is 43.6 Å². The normalized spacial score (nSPS) is 15.9. The Morgan fingerprint density at radius 3 is 2.41 bits per heavy atom. The van der Waals surface area contributed by atoms with Gasteiger partial charge in [-0.3, -0.25) is 9.48 Å². The monoisotopic (exact) mass is 520 g/mol. The number of aliphatic carboxylic acids is 1. The van der Waals surface area contributed by atoms with Crippen molar-refractivity contribution in [3.05, 3.63) is 60.2 Å². The maximum atomic E-state index is 12.7. The predicted molar refractivity (Wildman–Crippen MR) is 126 cm³/mol. The molecular formula is C25H27F3N4O5. The molecule has 198 valence electrons. The van der Waals surface area contributed by atoms with Gasteiger partial charge < -0.3 is 24.1 Å². The zero-order valence-electron chi connectivity index (χ0n) is 20.4. The lowest BCUT2D eigenvalue weighted by Gasteiger charge is -2.44. The quantitative estimate of drug-likeness (QED) is 0.558. The van der Waals surface area contributed by atoms with Crippen LogP contribution in [0.3, 0.4) is 0 Å². The van der Waals surface area contributed by atoms with Gasteiger partial charge in [-0.15, -0.1) is 0 Å². The van der Waals surface area contributed by atoms with E-state index in [2.05, 4.69) is 29.7 Å². The average molecular weight is 521 g/mol. The number of likely N-dealkylation sites (N-methyl/N-ethyl adjacent to an activating group) is 1. The number of benzene rings is 1. The fourth-order valence-electron chi connectivity index (χ4n) is 4.48. The molecule has 1 spiro atoms. The standard InChI is InChI=1S/C23H26N4O3.C2HF3O2/c1-25(2)13-14-27-21-17-6-3-4-7-19(17)30-23(18(21)16-24-27)9-11-26(12-10-23)22(28)20-8-5-15-29-20;3-2(4,5)1(6)7/h3-8,15-16H,9-14H2,1-2H3;(H,6,7). The maximum absolute atomic E-state index is 12.7. The summed E-state index contributed by atoms with van der Waals surface area (Å²) in [5.41, 5.74) is 2.90. The zero-order chi connectivity index (χ0) is 26.8. The Morgan fingerprint density at radius 1 is 1.14 bits per heavy atom. The smallest absolute Gasteiger partial charge is 0.482 e. The second kappa shape index (κ2) is 10.3. The topological polar surface area (TPSA) is 101 Å². The van der Waals surface area contributed by atoms with Gasteiger partial charge >= 0.3 is 12.1 Å². The molecule has 0 atom stereocenters. The SMILES string of the molecule is CN(C)CCn1ncc2c1-c1ccccc1OC21CCN(C(=O)c2ccco2)CC1.O=C(O)C(F)(F)F. The van der Waals surface area contributed by atoms with E-state index in [1.807, 2.05) is 29.3 Å². The van der Waals surface area contributed by atoms with Gasteiger partial charge in [0.2, 0.25) is 0 Å². The zero-order valence-corrected chi connectivity index (χ0v) is 20.4. The van der Waals surface area contributed by atoms with Crippen LogP contribution in [0, 0.1) is 0 Å². The van der Waals surface area contributed by atoms with Crippen molar-refractivity contribution < 1.29 is 37.0 Å². The van der Waals surface area contributed by atoms with Crippen LogP contribution in [0.25, 0.3) is 11.3 Å². The highest BCUT2D eigenvalue weighted by atomic mass is 19.4. The van der Waals surface area contributed by atoms with Crippen LogP contribution in [0.5, 0.6) is 5.75 Å². The Bertz CT molecular complexity index is 1250. The predicted octanol–water partition coefficient (Wildman–Crippen LogP) is 3.86. The number of carbonyl (C=O) groups is 2.